The van der Waals surface area contributed by atoms with Crippen LogP contribution in [0, 0.1) is 5.92 Å². The Morgan fingerprint density at radius 1 is 1.14 bits per heavy atom. The second-order valence-electron chi connectivity index (χ2n) is 9.25. The first-order valence-electron chi connectivity index (χ1n) is 10.7. The molecular weight excluding hydrogens is 370 g/mol. The first-order valence-corrected chi connectivity index (χ1v) is 10.7. The van der Waals surface area contributed by atoms with Gasteiger partial charge >= 0.3 is 0 Å². The molecule has 0 aromatic rings. The third-order valence-electron chi connectivity index (χ3n) is 5.87. The molecule has 28 heavy (non-hydrogen) atoms. The Labute approximate surface area is 178 Å². The van der Waals surface area contributed by atoms with E-state index in [-0.39, 0.29) is 43.6 Å². The maximum Gasteiger partial charge on any atom is 0.166 e. The molecule has 0 spiro atoms. The van der Waals surface area contributed by atoms with E-state index in [0.29, 0.717) is 13.1 Å². The van der Waals surface area contributed by atoms with E-state index in [1.165, 1.54) is 0 Å². The standard InChI is InChI=1S/C22H39N3O2.H2S/c1-17(2)20(27)22-15-25(16-22)13-11-9-7-6-8-10-12-21(5,24-18(3)4)19(26)14-23-22;/h9,11,17-18,23-24H,6-8,10,12-16H2,1-5H3;1H2/t21-;/m0./s1. The Morgan fingerprint density at radius 2 is 1.82 bits per heavy atom. The molecule has 3 aliphatic rings. The fourth-order valence-corrected chi connectivity index (χ4v) is 4.39. The van der Waals surface area contributed by atoms with E-state index < -0.39 is 11.1 Å². The van der Waals surface area contributed by atoms with E-state index in [1.807, 2.05) is 20.8 Å². The minimum atomic E-state index is -0.573. The first-order chi connectivity index (χ1) is 12.7. The first kappa shape index (κ1) is 25.3. The van der Waals surface area contributed by atoms with Crippen molar-refractivity contribution in [2.45, 2.75) is 83.8 Å². The number of rotatable bonds is 4. The molecular formula is C22H41N3O2S. The minimum Gasteiger partial charge on any atom is -0.303 e. The lowest BCUT2D eigenvalue weighted by molar-refractivity contribution is -0.136. The fourth-order valence-electron chi connectivity index (χ4n) is 4.39. The van der Waals surface area contributed by atoms with Crippen molar-refractivity contribution < 1.29 is 9.59 Å². The highest BCUT2D eigenvalue weighted by Crippen LogP contribution is 2.26. The molecule has 0 radical (unpaired) electrons. The lowest BCUT2D eigenvalue weighted by Gasteiger charge is -2.50. The summed E-state index contributed by atoms with van der Waals surface area (Å²) >= 11 is 0. The second kappa shape index (κ2) is 10.9. The largest absolute Gasteiger partial charge is 0.303 e. The molecule has 162 valence electrons. The van der Waals surface area contributed by atoms with Gasteiger partial charge in [0.15, 0.2) is 11.6 Å². The van der Waals surface area contributed by atoms with Gasteiger partial charge in [-0.15, -0.1) is 0 Å². The summed E-state index contributed by atoms with van der Waals surface area (Å²) in [6, 6.07) is 0.245. The van der Waals surface area contributed by atoms with Gasteiger partial charge in [-0.25, -0.2) is 0 Å². The van der Waals surface area contributed by atoms with Crippen LogP contribution < -0.4 is 10.6 Å². The Morgan fingerprint density at radius 3 is 2.43 bits per heavy atom. The topological polar surface area (TPSA) is 61.4 Å². The van der Waals surface area contributed by atoms with Gasteiger partial charge in [0.1, 0.15) is 5.54 Å². The molecule has 0 amide bonds. The quantitative estimate of drug-likeness (QED) is 0.697. The molecule has 3 aliphatic heterocycles. The smallest absolute Gasteiger partial charge is 0.166 e. The zero-order valence-corrected chi connectivity index (χ0v) is 19.4. The Balaban J connectivity index is 0.00000392. The lowest BCUT2D eigenvalue weighted by Crippen LogP contribution is -2.74. The van der Waals surface area contributed by atoms with E-state index in [9.17, 15) is 9.59 Å². The number of Topliss-reactive ketones (excluding diaryl/α,β-unsaturated/α-hetero) is 2. The summed E-state index contributed by atoms with van der Waals surface area (Å²) in [6.07, 6.45) is 9.75. The van der Waals surface area contributed by atoms with Crippen molar-refractivity contribution in [2.75, 3.05) is 26.2 Å². The van der Waals surface area contributed by atoms with Crippen molar-refractivity contribution in [3.63, 3.8) is 0 Å². The molecule has 3 rings (SSSR count). The average molecular weight is 412 g/mol. The predicted molar refractivity (Wildman–Crippen MR) is 121 cm³/mol. The summed E-state index contributed by atoms with van der Waals surface area (Å²) in [4.78, 5) is 28.3. The number of nitrogens with one attached hydrogen (secondary N) is 2. The van der Waals surface area contributed by atoms with Gasteiger partial charge in [0, 0.05) is 31.6 Å². The molecule has 1 saturated heterocycles. The van der Waals surface area contributed by atoms with E-state index >= 15 is 0 Å². The van der Waals surface area contributed by atoms with Crippen LogP contribution in [0.3, 0.4) is 0 Å². The highest BCUT2D eigenvalue weighted by Gasteiger charge is 2.49. The third-order valence-corrected chi connectivity index (χ3v) is 5.87. The van der Waals surface area contributed by atoms with Crippen molar-refractivity contribution >= 4 is 25.1 Å². The third kappa shape index (κ3) is 6.41. The van der Waals surface area contributed by atoms with Gasteiger partial charge in [-0.05, 0) is 40.0 Å². The summed E-state index contributed by atoms with van der Waals surface area (Å²) in [7, 11) is 0. The number of carbonyl (C=O) groups is 2. The number of nitrogens with zero attached hydrogens (tertiary/aromatic N) is 1. The molecule has 3 heterocycles. The molecule has 0 aliphatic carbocycles. The van der Waals surface area contributed by atoms with Crippen molar-refractivity contribution in [2.24, 2.45) is 5.92 Å². The number of fused-ring (bicyclic) bond motifs is 10. The van der Waals surface area contributed by atoms with Crippen LogP contribution in [0.15, 0.2) is 12.2 Å². The van der Waals surface area contributed by atoms with Gasteiger partial charge in [-0.2, -0.15) is 13.5 Å². The van der Waals surface area contributed by atoms with Crippen LogP contribution in [0.5, 0.6) is 0 Å². The summed E-state index contributed by atoms with van der Waals surface area (Å²) in [5, 5.41) is 6.88. The van der Waals surface area contributed by atoms with Gasteiger partial charge in [0.2, 0.25) is 0 Å². The zero-order valence-electron chi connectivity index (χ0n) is 18.4. The fraction of sp³-hybridized carbons (Fsp3) is 0.818. The molecule has 0 aromatic heterocycles. The van der Waals surface area contributed by atoms with Crippen LogP contribution >= 0.6 is 13.5 Å². The summed E-state index contributed by atoms with van der Waals surface area (Å²) < 4.78 is 0. The van der Waals surface area contributed by atoms with Crippen molar-refractivity contribution in [3.05, 3.63) is 12.2 Å². The molecule has 1 atom stereocenters. The normalized spacial score (nSPS) is 32.2. The Hall–Kier alpha value is -0.690. The molecule has 0 unspecified atom stereocenters. The zero-order chi connectivity index (χ0) is 20.1. The Kier molecular flexibility index (Phi) is 9.87. The molecule has 0 saturated carbocycles. The predicted octanol–water partition coefficient (Wildman–Crippen LogP) is 2.81. The maximum absolute atomic E-state index is 13.1. The van der Waals surface area contributed by atoms with Crippen LogP contribution in [0.4, 0.5) is 0 Å². The molecule has 2 bridgehead atoms. The Bertz CT molecular complexity index is 556. The summed E-state index contributed by atoms with van der Waals surface area (Å²) in [5.41, 5.74) is -1.11. The van der Waals surface area contributed by atoms with E-state index in [2.05, 4.69) is 41.5 Å². The average Bonchev–Trinajstić information content (AvgIpc) is 2.56. The number of allylic oxidation sites excluding steroid dienone is 1. The molecule has 1 fully saturated rings. The van der Waals surface area contributed by atoms with Crippen molar-refractivity contribution in [1.29, 1.82) is 0 Å². The number of hydrogen-bond acceptors (Lipinski definition) is 5. The van der Waals surface area contributed by atoms with Crippen LogP contribution in [0.25, 0.3) is 0 Å². The van der Waals surface area contributed by atoms with Gasteiger partial charge in [0.25, 0.3) is 0 Å². The summed E-state index contributed by atoms with van der Waals surface area (Å²) in [5.74, 6) is 0.351. The maximum atomic E-state index is 13.1. The number of hydrogen-bond donors (Lipinski definition) is 2. The highest BCUT2D eigenvalue weighted by molar-refractivity contribution is 7.59. The van der Waals surface area contributed by atoms with Crippen LogP contribution in [-0.2, 0) is 9.59 Å². The van der Waals surface area contributed by atoms with E-state index in [0.717, 1.165) is 38.6 Å². The van der Waals surface area contributed by atoms with Crippen molar-refractivity contribution in [3.8, 4) is 0 Å². The van der Waals surface area contributed by atoms with Gasteiger partial charge < -0.3 is 5.32 Å². The summed E-state index contributed by atoms with van der Waals surface area (Å²) in [6.45, 7) is 12.6. The number of carbonyl (C=O) groups excluding carboxylic acids is 2. The lowest BCUT2D eigenvalue weighted by atomic mass is 9.79. The monoisotopic (exact) mass is 411 g/mol. The number of ketones is 2. The van der Waals surface area contributed by atoms with E-state index in [1.54, 1.807) is 0 Å². The van der Waals surface area contributed by atoms with Gasteiger partial charge in [-0.3, -0.25) is 19.8 Å². The van der Waals surface area contributed by atoms with Gasteiger partial charge in [0.05, 0.1) is 12.1 Å². The van der Waals surface area contributed by atoms with Gasteiger partial charge in [-0.1, -0.05) is 38.8 Å². The molecule has 0 aromatic carbocycles. The molecule has 6 heteroatoms. The van der Waals surface area contributed by atoms with Crippen LogP contribution in [0.1, 0.15) is 66.7 Å². The minimum absolute atomic E-state index is 0. The second-order valence-corrected chi connectivity index (χ2v) is 9.25. The van der Waals surface area contributed by atoms with Crippen LogP contribution in [-0.4, -0.2) is 59.8 Å². The molecule has 5 nitrogen and oxygen atoms in total. The molecule has 2 N–H and O–H groups in total. The SMILES string of the molecule is CC(C)N[C@@]1(C)CCCCCC=CCN2CC(C(=O)C(C)C)(C2)NCC1=O.S. The van der Waals surface area contributed by atoms with Crippen LogP contribution in [0.2, 0.25) is 0 Å². The van der Waals surface area contributed by atoms with E-state index in [4.69, 9.17) is 0 Å². The van der Waals surface area contributed by atoms with Crippen molar-refractivity contribution in [1.82, 2.24) is 15.5 Å². The highest BCUT2D eigenvalue weighted by atomic mass is 32.1.